The number of rotatable bonds is 4. The standard InChI is InChI=1S/C11H25N3O/c1-10(2)14-7-6-13(12(3)4)8-11(14)9-15-5/h10-11H,6-9H2,1-5H3. The Labute approximate surface area is 93.7 Å². The lowest BCUT2D eigenvalue weighted by atomic mass is 10.1. The summed E-state index contributed by atoms with van der Waals surface area (Å²) >= 11 is 0. The van der Waals surface area contributed by atoms with Crippen LogP contribution < -0.4 is 0 Å². The fraction of sp³-hybridized carbons (Fsp3) is 1.00. The van der Waals surface area contributed by atoms with Crippen LogP contribution in [0.3, 0.4) is 0 Å². The van der Waals surface area contributed by atoms with E-state index in [1.807, 2.05) is 0 Å². The lowest BCUT2D eigenvalue weighted by molar-refractivity contribution is -0.0696. The van der Waals surface area contributed by atoms with E-state index in [2.05, 4.69) is 42.9 Å². The van der Waals surface area contributed by atoms with Crippen LogP contribution in [0, 0.1) is 0 Å². The molecule has 0 radical (unpaired) electrons. The number of nitrogens with zero attached hydrogens (tertiary/aromatic N) is 3. The maximum atomic E-state index is 5.30. The van der Waals surface area contributed by atoms with E-state index in [4.69, 9.17) is 4.74 Å². The summed E-state index contributed by atoms with van der Waals surface area (Å²) in [6.07, 6.45) is 0. The van der Waals surface area contributed by atoms with Gasteiger partial charge in [0.2, 0.25) is 0 Å². The zero-order valence-electron chi connectivity index (χ0n) is 10.7. The molecule has 1 aliphatic heterocycles. The molecule has 4 nitrogen and oxygen atoms in total. The second-order valence-corrected chi connectivity index (χ2v) is 4.70. The number of hydrogen-bond acceptors (Lipinski definition) is 4. The van der Waals surface area contributed by atoms with Gasteiger partial charge in [-0.25, -0.2) is 10.0 Å². The van der Waals surface area contributed by atoms with Crippen LogP contribution in [0.5, 0.6) is 0 Å². The van der Waals surface area contributed by atoms with Crippen molar-refractivity contribution in [3.63, 3.8) is 0 Å². The molecule has 0 bridgehead atoms. The van der Waals surface area contributed by atoms with Gasteiger partial charge in [0, 0.05) is 52.9 Å². The maximum Gasteiger partial charge on any atom is 0.0631 e. The lowest BCUT2D eigenvalue weighted by Crippen LogP contribution is -2.59. The third kappa shape index (κ3) is 3.41. The highest BCUT2D eigenvalue weighted by Gasteiger charge is 2.29. The second kappa shape index (κ2) is 5.80. The normalized spacial score (nSPS) is 25.4. The summed E-state index contributed by atoms with van der Waals surface area (Å²) in [7, 11) is 6.00. The quantitative estimate of drug-likeness (QED) is 0.680. The minimum Gasteiger partial charge on any atom is -0.383 e. The van der Waals surface area contributed by atoms with Crippen LogP contribution >= 0.6 is 0 Å². The molecule has 0 saturated carbocycles. The highest BCUT2D eigenvalue weighted by molar-refractivity contribution is 4.82. The molecule has 0 N–H and O–H groups in total. The molecule has 0 aliphatic carbocycles. The Kier molecular flexibility index (Phi) is 4.99. The molecule has 1 heterocycles. The molecule has 90 valence electrons. The van der Waals surface area contributed by atoms with Crippen molar-refractivity contribution in [3.8, 4) is 0 Å². The summed E-state index contributed by atoms with van der Waals surface area (Å²) in [6.45, 7) is 8.65. The van der Waals surface area contributed by atoms with Gasteiger partial charge in [0.15, 0.2) is 0 Å². The van der Waals surface area contributed by atoms with Crippen molar-refractivity contribution in [2.45, 2.75) is 25.9 Å². The summed E-state index contributed by atoms with van der Waals surface area (Å²) in [6, 6.07) is 1.13. The molecule has 1 fully saturated rings. The van der Waals surface area contributed by atoms with Gasteiger partial charge in [0.1, 0.15) is 0 Å². The number of piperazine rings is 1. The molecule has 1 rings (SSSR count). The van der Waals surface area contributed by atoms with E-state index in [0.29, 0.717) is 12.1 Å². The number of hydrogen-bond donors (Lipinski definition) is 0. The lowest BCUT2D eigenvalue weighted by Gasteiger charge is -2.45. The molecular formula is C11H25N3O. The fourth-order valence-corrected chi connectivity index (χ4v) is 2.24. The molecule has 1 unspecified atom stereocenters. The van der Waals surface area contributed by atoms with E-state index in [1.165, 1.54) is 0 Å². The summed E-state index contributed by atoms with van der Waals surface area (Å²) in [4.78, 5) is 2.53. The molecule has 15 heavy (non-hydrogen) atoms. The summed E-state index contributed by atoms with van der Waals surface area (Å²) in [5.41, 5.74) is 0. The number of methoxy groups -OCH3 is 1. The minimum absolute atomic E-state index is 0.520. The van der Waals surface area contributed by atoms with E-state index in [0.717, 1.165) is 26.2 Å². The molecule has 1 atom stereocenters. The van der Waals surface area contributed by atoms with Crippen molar-refractivity contribution in [2.75, 3.05) is 47.4 Å². The SMILES string of the molecule is COCC1CN(N(C)C)CCN1C(C)C. The second-order valence-electron chi connectivity index (χ2n) is 4.70. The first-order valence-electron chi connectivity index (χ1n) is 5.73. The van der Waals surface area contributed by atoms with Crippen molar-refractivity contribution < 1.29 is 4.74 Å². The first kappa shape index (κ1) is 12.9. The van der Waals surface area contributed by atoms with Crippen molar-refractivity contribution >= 4 is 0 Å². The molecule has 0 amide bonds. The van der Waals surface area contributed by atoms with Crippen LogP contribution in [0.2, 0.25) is 0 Å². The van der Waals surface area contributed by atoms with Crippen LogP contribution in [-0.2, 0) is 4.74 Å². The predicted octanol–water partition coefficient (Wildman–Crippen LogP) is 0.504. The molecule has 0 aromatic rings. The average molecular weight is 215 g/mol. The van der Waals surface area contributed by atoms with Gasteiger partial charge < -0.3 is 4.74 Å². The van der Waals surface area contributed by atoms with Gasteiger partial charge in [-0.2, -0.15) is 0 Å². The smallest absolute Gasteiger partial charge is 0.0631 e. The Bertz CT molecular complexity index is 185. The summed E-state index contributed by atoms with van der Waals surface area (Å²) < 4.78 is 5.30. The monoisotopic (exact) mass is 215 g/mol. The topological polar surface area (TPSA) is 19.0 Å². The van der Waals surface area contributed by atoms with Crippen molar-refractivity contribution in [1.29, 1.82) is 0 Å². The van der Waals surface area contributed by atoms with Gasteiger partial charge >= 0.3 is 0 Å². The van der Waals surface area contributed by atoms with Crippen molar-refractivity contribution in [2.24, 2.45) is 0 Å². The Hall–Kier alpha value is -0.160. The highest BCUT2D eigenvalue weighted by atomic mass is 16.5. The third-order valence-electron chi connectivity index (χ3n) is 3.09. The largest absolute Gasteiger partial charge is 0.383 e. The molecule has 1 saturated heterocycles. The van der Waals surface area contributed by atoms with Crippen molar-refractivity contribution in [1.82, 2.24) is 14.9 Å². The van der Waals surface area contributed by atoms with Crippen molar-refractivity contribution in [3.05, 3.63) is 0 Å². The molecule has 0 spiro atoms. The average Bonchev–Trinajstić information content (AvgIpc) is 2.17. The van der Waals surface area contributed by atoms with Gasteiger partial charge in [-0.1, -0.05) is 0 Å². The fourth-order valence-electron chi connectivity index (χ4n) is 2.24. The van der Waals surface area contributed by atoms with E-state index < -0.39 is 0 Å². The van der Waals surface area contributed by atoms with E-state index >= 15 is 0 Å². The van der Waals surface area contributed by atoms with Gasteiger partial charge in [-0.15, -0.1) is 0 Å². The van der Waals surface area contributed by atoms with Gasteiger partial charge in [0.05, 0.1) is 6.61 Å². The maximum absolute atomic E-state index is 5.30. The molecule has 1 aliphatic rings. The van der Waals surface area contributed by atoms with Gasteiger partial charge in [-0.05, 0) is 13.8 Å². The number of ether oxygens (including phenoxy) is 1. The van der Waals surface area contributed by atoms with Gasteiger partial charge in [-0.3, -0.25) is 4.90 Å². The first-order chi connectivity index (χ1) is 7.06. The molecular weight excluding hydrogens is 190 g/mol. The van der Waals surface area contributed by atoms with E-state index in [9.17, 15) is 0 Å². The van der Waals surface area contributed by atoms with Crippen LogP contribution in [0.15, 0.2) is 0 Å². The molecule has 0 aromatic heterocycles. The number of hydrazine groups is 1. The Morgan fingerprint density at radius 3 is 2.47 bits per heavy atom. The predicted molar refractivity (Wildman–Crippen MR) is 62.8 cm³/mol. The minimum atomic E-state index is 0.520. The van der Waals surface area contributed by atoms with Crippen LogP contribution in [0.1, 0.15) is 13.8 Å². The highest BCUT2D eigenvalue weighted by Crippen LogP contribution is 2.14. The summed E-state index contributed by atoms with van der Waals surface area (Å²) in [5, 5.41) is 4.56. The Balaban J connectivity index is 2.56. The Morgan fingerprint density at radius 2 is 2.00 bits per heavy atom. The molecule has 4 heteroatoms. The van der Waals surface area contributed by atoms with Gasteiger partial charge in [0.25, 0.3) is 0 Å². The van der Waals surface area contributed by atoms with Crippen LogP contribution in [0.25, 0.3) is 0 Å². The van der Waals surface area contributed by atoms with E-state index in [-0.39, 0.29) is 0 Å². The summed E-state index contributed by atoms with van der Waals surface area (Å²) in [5.74, 6) is 0. The Morgan fingerprint density at radius 1 is 1.33 bits per heavy atom. The third-order valence-corrected chi connectivity index (χ3v) is 3.09. The van der Waals surface area contributed by atoms with E-state index in [1.54, 1.807) is 7.11 Å². The molecule has 0 aromatic carbocycles. The van der Waals surface area contributed by atoms with Crippen LogP contribution in [-0.4, -0.2) is 74.4 Å². The van der Waals surface area contributed by atoms with Crippen LogP contribution in [0.4, 0.5) is 0 Å². The first-order valence-corrected chi connectivity index (χ1v) is 5.73. The zero-order valence-corrected chi connectivity index (χ0v) is 10.7. The zero-order chi connectivity index (χ0) is 11.4.